The minimum Gasteiger partial charge on any atom is -0.281 e. The summed E-state index contributed by atoms with van der Waals surface area (Å²) in [6.45, 7) is 2.29. The topological polar surface area (TPSA) is 17.1 Å². The summed E-state index contributed by atoms with van der Waals surface area (Å²) >= 11 is 5.62. The highest BCUT2D eigenvalue weighted by Gasteiger charge is 2.32. The fraction of sp³-hybridized carbons (Fsp3) is 0.941. The summed E-state index contributed by atoms with van der Waals surface area (Å²) in [4.78, 5) is 11.2. The van der Waals surface area contributed by atoms with Crippen LogP contribution in [0, 0.1) is 23.7 Å². The van der Waals surface area contributed by atoms with E-state index in [2.05, 4.69) is 6.92 Å². The van der Waals surface area contributed by atoms with E-state index < -0.39 is 0 Å². The standard InChI is InChI=1S/C17H29ClO/c1-2-3-4-13-5-7-14(8-6-13)15-9-11-16(12-10-15)17(18)19/h13-16H,2-12H2,1H3. The molecule has 0 radical (unpaired) electrons. The molecule has 2 aliphatic carbocycles. The number of halogens is 1. The molecule has 0 atom stereocenters. The van der Waals surface area contributed by atoms with Crippen molar-refractivity contribution in [1.82, 2.24) is 0 Å². The van der Waals surface area contributed by atoms with Crippen LogP contribution in [-0.2, 0) is 4.79 Å². The Morgan fingerprint density at radius 2 is 1.47 bits per heavy atom. The monoisotopic (exact) mass is 284 g/mol. The molecule has 0 heterocycles. The Bertz CT molecular complexity index is 273. The maximum absolute atomic E-state index is 11.2. The first-order valence-electron chi connectivity index (χ1n) is 8.40. The van der Waals surface area contributed by atoms with Gasteiger partial charge in [0, 0.05) is 5.92 Å². The third kappa shape index (κ3) is 4.48. The molecule has 2 fully saturated rings. The minimum absolute atomic E-state index is 0.0956. The van der Waals surface area contributed by atoms with Crippen molar-refractivity contribution in [2.75, 3.05) is 0 Å². The van der Waals surface area contributed by atoms with Gasteiger partial charge in [0.15, 0.2) is 0 Å². The normalized spacial score (nSPS) is 36.1. The fourth-order valence-corrected chi connectivity index (χ4v) is 4.48. The van der Waals surface area contributed by atoms with Gasteiger partial charge < -0.3 is 0 Å². The second kappa shape index (κ2) is 7.67. The Labute approximate surface area is 123 Å². The van der Waals surface area contributed by atoms with Gasteiger partial charge in [-0.15, -0.1) is 0 Å². The van der Waals surface area contributed by atoms with Gasteiger partial charge in [-0.05, 0) is 67.9 Å². The first kappa shape index (κ1) is 15.4. The van der Waals surface area contributed by atoms with Gasteiger partial charge in [-0.1, -0.05) is 39.0 Å². The molecule has 0 spiro atoms. The maximum atomic E-state index is 11.2. The Hall–Kier alpha value is -0.0400. The lowest BCUT2D eigenvalue weighted by atomic mass is 9.69. The molecule has 0 N–H and O–H groups in total. The van der Waals surface area contributed by atoms with Crippen molar-refractivity contribution >= 4 is 16.8 Å². The van der Waals surface area contributed by atoms with Crippen LogP contribution in [0.15, 0.2) is 0 Å². The minimum atomic E-state index is -0.0956. The van der Waals surface area contributed by atoms with Gasteiger partial charge in [-0.2, -0.15) is 0 Å². The van der Waals surface area contributed by atoms with Crippen molar-refractivity contribution in [3.8, 4) is 0 Å². The van der Waals surface area contributed by atoms with Gasteiger partial charge in [0.05, 0.1) is 0 Å². The van der Waals surface area contributed by atoms with Crippen LogP contribution in [-0.4, -0.2) is 5.24 Å². The zero-order chi connectivity index (χ0) is 13.7. The van der Waals surface area contributed by atoms with Gasteiger partial charge >= 0.3 is 0 Å². The zero-order valence-corrected chi connectivity index (χ0v) is 13.1. The van der Waals surface area contributed by atoms with E-state index in [-0.39, 0.29) is 11.2 Å². The molecule has 1 nitrogen and oxygen atoms in total. The molecule has 0 unspecified atom stereocenters. The predicted molar refractivity (Wildman–Crippen MR) is 81.3 cm³/mol. The first-order valence-corrected chi connectivity index (χ1v) is 8.77. The van der Waals surface area contributed by atoms with Gasteiger partial charge in [-0.3, -0.25) is 4.79 Å². The lowest BCUT2D eigenvalue weighted by Gasteiger charge is -2.37. The molecule has 2 aliphatic rings. The molecule has 0 saturated heterocycles. The van der Waals surface area contributed by atoms with E-state index in [1.165, 1.54) is 57.8 Å². The quantitative estimate of drug-likeness (QED) is 0.605. The van der Waals surface area contributed by atoms with E-state index in [0.29, 0.717) is 0 Å². The van der Waals surface area contributed by atoms with Gasteiger partial charge in [0.1, 0.15) is 0 Å². The van der Waals surface area contributed by atoms with Crippen LogP contribution in [0.1, 0.15) is 77.6 Å². The summed E-state index contributed by atoms with van der Waals surface area (Å²) in [6.07, 6.45) is 14.6. The average Bonchev–Trinajstić information content (AvgIpc) is 2.46. The third-order valence-corrected chi connectivity index (χ3v) is 5.93. The highest BCUT2D eigenvalue weighted by molar-refractivity contribution is 6.63. The molecule has 0 aliphatic heterocycles. The molecular weight excluding hydrogens is 256 g/mol. The summed E-state index contributed by atoms with van der Waals surface area (Å²) in [5, 5.41) is -0.0956. The first-order chi connectivity index (χ1) is 9.20. The number of hydrogen-bond donors (Lipinski definition) is 0. The van der Waals surface area contributed by atoms with E-state index >= 15 is 0 Å². The summed E-state index contributed by atoms with van der Waals surface area (Å²) in [5.41, 5.74) is 0. The second-order valence-electron chi connectivity index (χ2n) is 6.84. The molecule has 0 aromatic carbocycles. The van der Waals surface area contributed by atoms with Crippen LogP contribution in [0.2, 0.25) is 0 Å². The molecule has 0 aromatic heterocycles. The third-order valence-electron chi connectivity index (χ3n) is 5.62. The molecule has 19 heavy (non-hydrogen) atoms. The summed E-state index contributed by atoms with van der Waals surface area (Å²) < 4.78 is 0. The second-order valence-corrected chi connectivity index (χ2v) is 7.21. The number of carbonyl (C=O) groups is 1. The van der Waals surface area contributed by atoms with Crippen molar-refractivity contribution in [3.63, 3.8) is 0 Å². The van der Waals surface area contributed by atoms with Crippen LogP contribution < -0.4 is 0 Å². The number of hydrogen-bond acceptors (Lipinski definition) is 1. The van der Waals surface area contributed by atoms with E-state index in [9.17, 15) is 4.79 Å². The van der Waals surface area contributed by atoms with Crippen molar-refractivity contribution in [2.24, 2.45) is 23.7 Å². The number of unbranched alkanes of at least 4 members (excludes halogenated alkanes) is 1. The fourth-order valence-electron chi connectivity index (χ4n) is 4.26. The van der Waals surface area contributed by atoms with Gasteiger partial charge in [-0.25, -0.2) is 0 Å². The zero-order valence-electron chi connectivity index (χ0n) is 12.4. The predicted octanol–water partition coefficient (Wildman–Crippen LogP) is 5.55. The highest BCUT2D eigenvalue weighted by atomic mass is 35.5. The molecule has 0 bridgehead atoms. The number of rotatable bonds is 5. The Morgan fingerprint density at radius 3 is 1.95 bits per heavy atom. The Balaban J connectivity index is 1.69. The molecule has 2 heteroatoms. The van der Waals surface area contributed by atoms with Crippen molar-refractivity contribution in [3.05, 3.63) is 0 Å². The SMILES string of the molecule is CCCCC1CCC(C2CCC(C(=O)Cl)CC2)CC1. The summed E-state index contributed by atoms with van der Waals surface area (Å²) in [7, 11) is 0. The van der Waals surface area contributed by atoms with Crippen LogP contribution in [0.4, 0.5) is 0 Å². The van der Waals surface area contributed by atoms with Crippen LogP contribution in [0.3, 0.4) is 0 Å². The van der Waals surface area contributed by atoms with Crippen molar-refractivity contribution < 1.29 is 4.79 Å². The molecular formula is C17H29ClO. The largest absolute Gasteiger partial charge is 0.281 e. The van der Waals surface area contributed by atoms with Crippen LogP contribution in [0.5, 0.6) is 0 Å². The maximum Gasteiger partial charge on any atom is 0.224 e. The van der Waals surface area contributed by atoms with Crippen LogP contribution >= 0.6 is 11.6 Å². The van der Waals surface area contributed by atoms with Crippen molar-refractivity contribution in [1.29, 1.82) is 0 Å². The van der Waals surface area contributed by atoms with E-state index in [4.69, 9.17) is 11.6 Å². The van der Waals surface area contributed by atoms with Gasteiger partial charge in [0.25, 0.3) is 0 Å². The van der Waals surface area contributed by atoms with E-state index in [1.54, 1.807) is 0 Å². The van der Waals surface area contributed by atoms with Crippen molar-refractivity contribution in [2.45, 2.75) is 77.6 Å². The van der Waals surface area contributed by atoms with Crippen LogP contribution in [0.25, 0.3) is 0 Å². The molecule has 110 valence electrons. The summed E-state index contributed by atoms with van der Waals surface area (Å²) in [5.74, 6) is 3.01. The average molecular weight is 285 g/mol. The smallest absolute Gasteiger partial charge is 0.224 e. The lowest BCUT2D eigenvalue weighted by Crippen LogP contribution is -2.27. The van der Waals surface area contributed by atoms with E-state index in [0.717, 1.165) is 30.6 Å². The lowest BCUT2D eigenvalue weighted by molar-refractivity contribution is -0.116. The molecule has 0 aromatic rings. The Morgan fingerprint density at radius 1 is 0.947 bits per heavy atom. The Kier molecular flexibility index (Phi) is 6.19. The highest BCUT2D eigenvalue weighted by Crippen LogP contribution is 2.42. The summed E-state index contributed by atoms with van der Waals surface area (Å²) in [6, 6.07) is 0. The number of carbonyl (C=O) groups excluding carboxylic acids is 1. The molecule has 0 amide bonds. The van der Waals surface area contributed by atoms with Gasteiger partial charge in [0.2, 0.25) is 5.24 Å². The molecule has 2 rings (SSSR count). The molecule has 2 saturated carbocycles. The van der Waals surface area contributed by atoms with E-state index in [1.807, 2.05) is 0 Å².